The first-order chi connectivity index (χ1) is 12.2. The molecule has 1 aromatic rings. The molecule has 2 amide bonds. The molecule has 1 fully saturated rings. The highest BCUT2D eigenvalue weighted by Gasteiger charge is 2.25. The molecule has 0 saturated heterocycles. The van der Waals surface area contributed by atoms with E-state index in [9.17, 15) is 9.59 Å². The second kappa shape index (κ2) is 10.7. The fourth-order valence-corrected chi connectivity index (χ4v) is 3.01. The summed E-state index contributed by atoms with van der Waals surface area (Å²) >= 11 is 0. The van der Waals surface area contributed by atoms with Crippen LogP contribution in [0.5, 0.6) is 0 Å². The summed E-state index contributed by atoms with van der Waals surface area (Å²) in [6.07, 6.45) is 5.41. The third kappa shape index (κ3) is 7.13. The van der Waals surface area contributed by atoms with Crippen molar-refractivity contribution >= 4 is 12.0 Å². The number of aliphatic hydroxyl groups excluding tert-OH is 1. The third-order valence-corrected chi connectivity index (χ3v) is 4.42. The Labute approximate surface area is 149 Å². The Kier molecular flexibility index (Phi) is 8.25. The van der Waals surface area contributed by atoms with Crippen molar-refractivity contribution < 1.29 is 19.4 Å². The van der Waals surface area contributed by atoms with Crippen molar-refractivity contribution in [2.24, 2.45) is 0 Å². The lowest BCUT2D eigenvalue weighted by atomic mass is 10.1. The molecule has 0 radical (unpaired) electrons. The van der Waals surface area contributed by atoms with Gasteiger partial charge in [0.25, 0.3) is 0 Å². The molecular weight excluding hydrogens is 320 g/mol. The molecule has 1 aliphatic rings. The number of hydrogen-bond donors (Lipinski definition) is 3. The van der Waals surface area contributed by atoms with E-state index in [1.54, 1.807) is 0 Å². The lowest BCUT2D eigenvalue weighted by Crippen LogP contribution is -2.49. The Bertz CT molecular complexity index is 529. The maximum absolute atomic E-state index is 12.5. The number of carbonyl (C=O) groups excluding carboxylic acids is 2. The van der Waals surface area contributed by atoms with Gasteiger partial charge in [-0.15, -0.1) is 0 Å². The number of rotatable bonds is 9. The molecule has 6 nitrogen and oxygen atoms in total. The average molecular weight is 348 g/mol. The van der Waals surface area contributed by atoms with E-state index in [2.05, 4.69) is 10.6 Å². The topological polar surface area (TPSA) is 87.7 Å². The summed E-state index contributed by atoms with van der Waals surface area (Å²) in [4.78, 5) is 24.5. The van der Waals surface area contributed by atoms with E-state index in [4.69, 9.17) is 9.84 Å². The quantitative estimate of drug-likeness (QED) is 0.598. The van der Waals surface area contributed by atoms with Crippen molar-refractivity contribution in [3.8, 4) is 0 Å². The van der Waals surface area contributed by atoms with Crippen LogP contribution >= 0.6 is 0 Å². The van der Waals surface area contributed by atoms with Crippen molar-refractivity contribution in [3.63, 3.8) is 0 Å². The summed E-state index contributed by atoms with van der Waals surface area (Å²) in [7, 11) is 0. The Morgan fingerprint density at radius 1 is 1.16 bits per heavy atom. The fourth-order valence-electron chi connectivity index (χ4n) is 3.01. The van der Waals surface area contributed by atoms with Crippen LogP contribution in [0.15, 0.2) is 30.3 Å². The number of unbranched alkanes of at least 4 members (excludes halogenated alkanes) is 1. The minimum atomic E-state index is -0.629. The first-order valence-corrected chi connectivity index (χ1v) is 9.07. The van der Waals surface area contributed by atoms with Gasteiger partial charge >= 0.3 is 6.09 Å². The summed E-state index contributed by atoms with van der Waals surface area (Å²) in [5.41, 5.74) is 0.893. The van der Waals surface area contributed by atoms with Crippen molar-refractivity contribution in [1.82, 2.24) is 10.6 Å². The lowest BCUT2D eigenvalue weighted by Gasteiger charge is -2.21. The van der Waals surface area contributed by atoms with Crippen molar-refractivity contribution in [1.29, 1.82) is 0 Å². The predicted molar refractivity (Wildman–Crippen MR) is 94.9 cm³/mol. The van der Waals surface area contributed by atoms with Crippen LogP contribution in [0.25, 0.3) is 0 Å². The number of amides is 2. The largest absolute Gasteiger partial charge is 0.445 e. The molecule has 1 aliphatic carbocycles. The van der Waals surface area contributed by atoms with Gasteiger partial charge in [-0.05, 0) is 37.7 Å². The molecule has 0 spiro atoms. The third-order valence-electron chi connectivity index (χ3n) is 4.42. The molecular formula is C19H28N2O4. The molecule has 0 heterocycles. The van der Waals surface area contributed by atoms with Crippen LogP contribution in [0.2, 0.25) is 0 Å². The summed E-state index contributed by atoms with van der Waals surface area (Å²) in [6.45, 7) is 0.246. The van der Waals surface area contributed by atoms with E-state index >= 15 is 0 Å². The molecule has 1 saturated carbocycles. The van der Waals surface area contributed by atoms with E-state index < -0.39 is 12.1 Å². The number of nitrogens with one attached hydrogen (secondary N) is 2. The van der Waals surface area contributed by atoms with Crippen LogP contribution in [0.4, 0.5) is 4.79 Å². The number of carbonyl (C=O) groups is 2. The molecule has 138 valence electrons. The highest BCUT2D eigenvalue weighted by molar-refractivity contribution is 5.85. The number of ether oxygens (including phenoxy) is 1. The van der Waals surface area contributed by atoms with Gasteiger partial charge in [0.15, 0.2) is 0 Å². The molecule has 0 unspecified atom stereocenters. The molecule has 1 aromatic carbocycles. The Morgan fingerprint density at radius 2 is 1.88 bits per heavy atom. The maximum atomic E-state index is 12.5. The van der Waals surface area contributed by atoms with Gasteiger partial charge in [0.05, 0.1) is 0 Å². The van der Waals surface area contributed by atoms with Crippen molar-refractivity contribution in [2.45, 2.75) is 63.6 Å². The normalized spacial score (nSPS) is 15.6. The van der Waals surface area contributed by atoms with E-state index in [1.165, 1.54) is 0 Å². The first-order valence-electron chi connectivity index (χ1n) is 9.07. The molecule has 3 N–H and O–H groups in total. The number of hydrogen-bond acceptors (Lipinski definition) is 4. The van der Waals surface area contributed by atoms with Gasteiger partial charge in [0.2, 0.25) is 5.91 Å². The molecule has 0 aromatic heterocycles. The zero-order chi connectivity index (χ0) is 17.9. The zero-order valence-corrected chi connectivity index (χ0v) is 14.6. The van der Waals surface area contributed by atoms with Crippen molar-refractivity contribution in [3.05, 3.63) is 35.9 Å². The zero-order valence-electron chi connectivity index (χ0n) is 14.6. The Hall–Kier alpha value is -2.08. The van der Waals surface area contributed by atoms with Crippen LogP contribution in [-0.2, 0) is 16.1 Å². The summed E-state index contributed by atoms with van der Waals surface area (Å²) in [6, 6.07) is 8.98. The van der Waals surface area contributed by atoms with Crippen LogP contribution < -0.4 is 10.6 Å². The fraction of sp³-hybridized carbons (Fsp3) is 0.579. The molecule has 0 aliphatic heterocycles. The predicted octanol–water partition coefficient (Wildman–Crippen LogP) is 2.50. The number of aliphatic hydroxyl groups is 1. The van der Waals surface area contributed by atoms with E-state index in [-0.39, 0.29) is 25.2 Å². The molecule has 1 atom stereocenters. The van der Waals surface area contributed by atoms with Gasteiger partial charge in [-0.25, -0.2) is 4.79 Å². The first kappa shape index (κ1) is 19.2. The minimum absolute atomic E-state index is 0.0788. The standard InChI is InChI=1S/C19H28N2O4/c22-13-7-6-12-17(18(23)20-16-10-4-5-11-16)21-19(24)25-14-15-8-2-1-3-9-15/h1-3,8-9,16-17,22H,4-7,10-14H2,(H,20,23)(H,21,24)/t17-/m0/s1. The van der Waals surface area contributed by atoms with Crippen LogP contribution in [0, 0.1) is 0 Å². The second-order valence-corrected chi connectivity index (χ2v) is 6.47. The van der Waals surface area contributed by atoms with Crippen LogP contribution in [0.3, 0.4) is 0 Å². The minimum Gasteiger partial charge on any atom is -0.445 e. The van der Waals surface area contributed by atoms with Gasteiger partial charge in [-0.2, -0.15) is 0 Å². The smallest absolute Gasteiger partial charge is 0.408 e. The maximum Gasteiger partial charge on any atom is 0.408 e. The van der Waals surface area contributed by atoms with Gasteiger partial charge in [-0.3, -0.25) is 4.79 Å². The molecule has 2 rings (SSSR count). The van der Waals surface area contributed by atoms with Crippen LogP contribution in [0.1, 0.15) is 50.5 Å². The SMILES string of the molecule is O=C(N[C@@H](CCCCO)C(=O)NC1CCCC1)OCc1ccccc1. The van der Waals surface area contributed by atoms with Crippen LogP contribution in [-0.4, -0.2) is 35.8 Å². The summed E-state index contributed by atoms with van der Waals surface area (Å²) in [5, 5.41) is 14.6. The van der Waals surface area contributed by atoms with Gasteiger partial charge < -0.3 is 20.5 Å². The Balaban J connectivity index is 1.82. The second-order valence-electron chi connectivity index (χ2n) is 6.47. The number of alkyl carbamates (subject to hydrolysis) is 1. The monoisotopic (exact) mass is 348 g/mol. The average Bonchev–Trinajstić information content (AvgIpc) is 3.13. The molecule has 0 bridgehead atoms. The van der Waals surface area contributed by atoms with Gasteiger partial charge in [0, 0.05) is 12.6 Å². The highest BCUT2D eigenvalue weighted by Crippen LogP contribution is 2.18. The van der Waals surface area contributed by atoms with Gasteiger partial charge in [0.1, 0.15) is 12.6 Å². The van der Waals surface area contributed by atoms with E-state index in [0.29, 0.717) is 19.3 Å². The van der Waals surface area contributed by atoms with E-state index in [1.807, 2.05) is 30.3 Å². The van der Waals surface area contributed by atoms with Gasteiger partial charge in [-0.1, -0.05) is 43.2 Å². The van der Waals surface area contributed by atoms with E-state index in [0.717, 1.165) is 31.2 Å². The lowest BCUT2D eigenvalue weighted by molar-refractivity contribution is -0.124. The summed E-state index contributed by atoms with van der Waals surface area (Å²) < 4.78 is 5.21. The number of benzene rings is 1. The molecule has 6 heteroatoms. The Morgan fingerprint density at radius 3 is 2.56 bits per heavy atom. The molecule has 25 heavy (non-hydrogen) atoms. The highest BCUT2D eigenvalue weighted by atomic mass is 16.5. The van der Waals surface area contributed by atoms with Crippen molar-refractivity contribution in [2.75, 3.05) is 6.61 Å². The summed E-state index contributed by atoms with van der Waals surface area (Å²) in [5.74, 6) is -0.165.